The summed E-state index contributed by atoms with van der Waals surface area (Å²) < 4.78 is 17.8. The van der Waals surface area contributed by atoms with Crippen molar-refractivity contribution in [3.05, 3.63) is 35.9 Å². The van der Waals surface area contributed by atoms with Crippen molar-refractivity contribution in [1.29, 1.82) is 0 Å². The highest BCUT2D eigenvalue weighted by atomic mass is 32.2. The molecule has 6 atom stereocenters. The van der Waals surface area contributed by atoms with Gasteiger partial charge in [-0.25, -0.2) is 0 Å². The molecule has 3 rings (SSSR count). The van der Waals surface area contributed by atoms with Crippen molar-refractivity contribution < 1.29 is 19.3 Å². The van der Waals surface area contributed by atoms with Crippen LogP contribution in [0.2, 0.25) is 0 Å². The second kappa shape index (κ2) is 6.67. The highest BCUT2D eigenvalue weighted by Crippen LogP contribution is 2.39. The normalized spacial score (nSPS) is 39.8. The molecule has 1 aromatic rings. The van der Waals surface area contributed by atoms with E-state index in [0.29, 0.717) is 6.61 Å². The molecule has 2 heterocycles. The zero-order chi connectivity index (χ0) is 14.8. The molecule has 1 aromatic carbocycles. The molecule has 2 aliphatic heterocycles. The van der Waals surface area contributed by atoms with Crippen LogP contribution in [-0.4, -0.2) is 41.2 Å². The van der Waals surface area contributed by atoms with Crippen LogP contribution in [0.15, 0.2) is 30.3 Å². The van der Waals surface area contributed by atoms with Crippen molar-refractivity contribution in [3.63, 3.8) is 0 Å². The zero-order valence-electron chi connectivity index (χ0n) is 12.3. The van der Waals surface area contributed by atoms with Crippen LogP contribution in [0.4, 0.5) is 0 Å². The van der Waals surface area contributed by atoms with E-state index in [1.54, 1.807) is 11.8 Å². The van der Waals surface area contributed by atoms with Crippen molar-refractivity contribution >= 4 is 11.8 Å². The summed E-state index contributed by atoms with van der Waals surface area (Å²) in [4.78, 5) is 0. The lowest BCUT2D eigenvalue weighted by molar-refractivity contribution is -0.307. The third kappa shape index (κ3) is 3.12. The average Bonchev–Trinajstić information content (AvgIpc) is 2.53. The number of fused-ring (bicyclic) bond motifs is 1. The monoisotopic (exact) mass is 310 g/mol. The van der Waals surface area contributed by atoms with Gasteiger partial charge in [-0.3, -0.25) is 0 Å². The summed E-state index contributed by atoms with van der Waals surface area (Å²) in [5.74, 6) is 0.947. The van der Waals surface area contributed by atoms with E-state index in [-0.39, 0.29) is 29.9 Å². The van der Waals surface area contributed by atoms with E-state index < -0.39 is 6.10 Å². The van der Waals surface area contributed by atoms with Crippen LogP contribution in [0.25, 0.3) is 0 Å². The Morgan fingerprint density at radius 3 is 2.71 bits per heavy atom. The molecule has 0 bridgehead atoms. The lowest BCUT2D eigenvalue weighted by Crippen LogP contribution is -2.57. The lowest BCUT2D eigenvalue weighted by Gasteiger charge is -2.47. The van der Waals surface area contributed by atoms with Crippen molar-refractivity contribution in [2.45, 2.75) is 43.9 Å². The van der Waals surface area contributed by atoms with Crippen LogP contribution in [0.5, 0.6) is 0 Å². The first-order valence-corrected chi connectivity index (χ1v) is 8.52. The van der Waals surface area contributed by atoms with E-state index >= 15 is 0 Å². The third-order valence-corrected chi connectivity index (χ3v) is 5.16. The number of rotatable bonds is 3. The molecule has 0 amide bonds. The molecule has 2 fully saturated rings. The fraction of sp³-hybridized carbons (Fsp3) is 0.625. The van der Waals surface area contributed by atoms with Crippen LogP contribution >= 0.6 is 11.8 Å². The Morgan fingerprint density at radius 2 is 2.00 bits per heavy atom. The number of aliphatic hydroxyl groups excluding tert-OH is 1. The van der Waals surface area contributed by atoms with Gasteiger partial charge in [0.05, 0.1) is 18.8 Å². The molecule has 0 saturated carbocycles. The molecule has 116 valence electrons. The predicted molar refractivity (Wildman–Crippen MR) is 82.0 cm³/mol. The van der Waals surface area contributed by atoms with Gasteiger partial charge in [0.1, 0.15) is 11.5 Å². The maximum absolute atomic E-state index is 10.4. The molecule has 3 unspecified atom stereocenters. The molecule has 1 N–H and O–H groups in total. The van der Waals surface area contributed by atoms with Crippen LogP contribution in [0, 0.1) is 5.92 Å². The molecule has 0 radical (unpaired) electrons. The van der Waals surface area contributed by atoms with E-state index in [2.05, 4.69) is 6.92 Å². The molecular formula is C16H22O4S. The predicted octanol–water partition coefficient (Wildman–Crippen LogP) is 2.58. The maximum Gasteiger partial charge on any atom is 0.184 e. The summed E-state index contributed by atoms with van der Waals surface area (Å²) >= 11 is 1.63. The summed E-state index contributed by atoms with van der Waals surface area (Å²) in [6, 6.07) is 9.89. The Morgan fingerprint density at radius 1 is 1.24 bits per heavy atom. The smallest absolute Gasteiger partial charge is 0.184 e. The topological polar surface area (TPSA) is 47.9 Å². The Hall–Kier alpha value is -0.590. The summed E-state index contributed by atoms with van der Waals surface area (Å²) in [5, 5.41) is 10.4. The largest absolute Gasteiger partial charge is 0.389 e. The van der Waals surface area contributed by atoms with Gasteiger partial charge in [-0.2, -0.15) is 0 Å². The molecule has 2 aliphatic rings. The van der Waals surface area contributed by atoms with Crippen molar-refractivity contribution in [1.82, 2.24) is 0 Å². The number of aliphatic hydroxyl groups is 1. The molecule has 2 saturated heterocycles. The van der Waals surface area contributed by atoms with Gasteiger partial charge in [0.25, 0.3) is 0 Å². The minimum atomic E-state index is -0.509. The number of benzene rings is 1. The second-order valence-corrected chi connectivity index (χ2v) is 6.90. The van der Waals surface area contributed by atoms with Crippen molar-refractivity contribution in [2.75, 3.05) is 12.4 Å². The lowest BCUT2D eigenvalue weighted by atomic mass is 9.91. The quantitative estimate of drug-likeness (QED) is 0.930. The van der Waals surface area contributed by atoms with Crippen LogP contribution < -0.4 is 0 Å². The summed E-state index contributed by atoms with van der Waals surface area (Å²) in [6.07, 6.45) is -1.12. The number of hydrogen-bond acceptors (Lipinski definition) is 5. The highest BCUT2D eigenvalue weighted by Gasteiger charge is 2.47. The molecule has 0 aromatic heterocycles. The molecular weight excluding hydrogens is 288 g/mol. The Bertz CT molecular complexity index is 453. The second-order valence-electron chi connectivity index (χ2n) is 5.52. The Balaban J connectivity index is 1.71. The zero-order valence-corrected chi connectivity index (χ0v) is 13.2. The van der Waals surface area contributed by atoms with Crippen LogP contribution in [-0.2, 0) is 14.2 Å². The molecule has 21 heavy (non-hydrogen) atoms. The minimum Gasteiger partial charge on any atom is -0.389 e. The maximum atomic E-state index is 10.4. The Kier molecular flexibility index (Phi) is 4.86. The molecule has 0 aliphatic carbocycles. The number of ether oxygens (including phenoxy) is 3. The minimum absolute atomic E-state index is 0.0305. The van der Waals surface area contributed by atoms with Gasteiger partial charge in [0, 0.05) is 11.5 Å². The fourth-order valence-corrected chi connectivity index (χ4v) is 3.90. The van der Waals surface area contributed by atoms with E-state index in [0.717, 1.165) is 11.3 Å². The Labute approximate surface area is 129 Å². The van der Waals surface area contributed by atoms with Crippen molar-refractivity contribution in [3.8, 4) is 0 Å². The number of thioether (sulfide) groups is 1. The average molecular weight is 310 g/mol. The SMILES string of the molecule is CCS[C@@H]1OC2COC(c3ccccc3)O[C@@H]2[C@H](C)C1O. The summed E-state index contributed by atoms with van der Waals surface area (Å²) in [5.41, 5.74) is 0.814. The van der Waals surface area contributed by atoms with E-state index in [1.165, 1.54) is 0 Å². The van der Waals surface area contributed by atoms with E-state index in [1.807, 2.05) is 37.3 Å². The molecule has 0 spiro atoms. The van der Waals surface area contributed by atoms with E-state index in [4.69, 9.17) is 14.2 Å². The van der Waals surface area contributed by atoms with Gasteiger partial charge in [-0.05, 0) is 5.75 Å². The highest BCUT2D eigenvalue weighted by molar-refractivity contribution is 7.99. The van der Waals surface area contributed by atoms with Gasteiger partial charge in [-0.15, -0.1) is 11.8 Å². The van der Waals surface area contributed by atoms with Gasteiger partial charge in [0.15, 0.2) is 6.29 Å². The van der Waals surface area contributed by atoms with Crippen molar-refractivity contribution in [2.24, 2.45) is 5.92 Å². The first-order chi connectivity index (χ1) is 10.2. The molecule has 5 heteroatoms. The van der Waals surface area contributed by atoms with Crippen LogP contribution in [0.3, 0.4) is 0 Å². The number of hydrogen-bond donors (Lipinski definition) is 1. The van der Waals surface area contributed by atoms with Gasteiger partial charge < -0.3 is 19.3 Å². The standard InChI is InChI=1S/C16H22O4S/c1-3-21-16-13(17)10(2)14-12(19-16)9-18-15(20-14)11-7-5-4-6-8-11/h4-8,10,12-17H,3,9H2,1-2H3/t10-,12?,13?,14-,15?,16+/m1/s1. The summed E-state index contributed by atoms with van der Waals surface area (Å²) in [6.45, 7) is 4.60. The first-order valence-electron chi connectivity index (χ1n) is 7.48. The summed E-state index contributed by atoms with van der Waals surface area (Å²) in [7, 11) is 0. The van der Waals surface area contributed by atoms with Gasteiger partial charge in [0.2, 0.25) is 0 Å². The van der Waals surface area contributed by atoms with Gasteiger partial charge in [-0.1, -0.05) is 44.2 Å². The molecule has 4 nitrogen and oxygen atoms in total. The fourth-order valence-electron chi connectivity index (χ4n) is 2.91. The van der Waals surface area contributed by atoms with Crippen LogP contribution in [0.1, 0.15) is 25.7 Å². The van der Waals surface area contributed by atoms with Gasteiger partial charge >= 0.3 is 0 Å². The van der Waals surface area contributed by atoms with E-state index in [9.17, 15) is 5.11 Å². The third-order valence-electron chi connectivity index (χ3n) is 4.11. The first kappa shape index (κ1) is 15.3.